The highest BCUT2D eigenvalue weighted by Gasteiger charge is 2.14. The molecule has 0 spiro atoms. The molecule has 0 radical (unpaired) electrons. The van der Waals surface area contributed by atoms with Gasteiger partial charge in [-0.25, -0.2) is 0 Å². The van der Waals surface area contributed by atoms with Gasteiger partial charge in [0.2, 0.25) is 6.79 Å². The normalized spacial score (nSPS) is 16.1. The SMILES string of the molecule is O=C(COc1ccc2c(c1)OCO2)NCCC1=CCCCC1. The van der Waals surface area contributed by atoms with Crippen molar-refractivity contribution in [2.45, 2.75) is 32.1 Å². The lowest BCUT2D eigenvalue weighted by Crippen LogP contribution is -2.30. The summed E-state index contributed by atoms with van der Waals surface area (Å²) in [5, 5.41) is 2.89. The number of benzene rings is 1. The minimum atomic E-state index is -0.103. The minimum absolute atomic E-state index is 0.0126. The summed E-state index contributed by atoms with van der Waals surface area (Å²) in [7, 11) is 0. The Hall–Kier alpha value is -2.17. The van der Waals surface area contributed by atoms with E-state index >= 15 is 0 Å². The Balaban J connectivity index is 1.38. The van der Waals surface area contributed by atoms with Gasteiger partial charge >= 0.3 is 0 Å². The van der Waals surface area contributed by atoms with Gasteiger partial charge in [-0.2, -0.15) is 0 Å². The Morgan fingerprint density at radius 1 is 1.23 bits per heavy atom. The maximum atomic E-state index is 11.8. The first-order valence-corrected chi connectivity index (χ1v) is 7.78. The average Bonchev–Trinajstić information content (AvgIpc) is 3.01. The lowest BCUT2D eigenvalue weighted by Gasteiger charge is -2.13. The fraction of sp³-hybridized carbons (Fsp3) is 0.471. The smallest absolute Gasteiger partial charge is 0.257 e. The Bertz CT molecular complexity index is 568. The van der Waals surface area contributed by atoms with Crippen LogP contribution in [0.25, 0.3) is 0 Å². The van der Waals surface area contributed by atoms with Crippen molar-refractivity contribution in [3.63, 3.8) is 0 Å². The molecule has 1 aromatic rings. The van der Waals surface area contributed by atoms with Crippen LogP contribution in [0.5, 0.6) is 17.2 Å². The molecule has 1 amide bonds. The molecule has 0 bridgehead atoms. The molecule has 0 saturated heterocycles. The zero-order valence-electron chi connectivity index (χ0n) is 12.6. The molecule has 1 heterocycles. The molecule has 0 aromatic heterocycles. The third-order valence-corrected chi connectivity index (χ3v) is 3.87. The Morgan fingerprint density at radius 3 is 3.00 bits per heavy atom. The van der Waals surface area contributed by atoms with E-state index in [-0.39, 0.29) is 19.3 Å². The first-order valence-electron chi connectivity index (χ1n) is 7.78. The Kier molecular flexibility index (Phi) is 4.83. The third kappa shape index (κ3) is 3.93. The van der Waals surface area contributed by atoms with E-state index in [1.165, 1.54) is 31.3 Å². The molecule has 22 heavy (non-hydrogen) atoms. The predicted octanol–water partition coefficient (Wildman–Crippen LogP) is 2.80. The number of carbonyl (C=O) groups is 1. The van der Waals surface area contributed by atoms with Gasteiger partial charge in [0.25, 0.3) is 5.91 Å². The quantitative estimate of drug-likeness (QED) is 0.821. The van der Waals surface area contributed by atoms with Gasteiger partial charge in [0.05, 0.1) is 0 Å². The van der Waals surface area contributed by atoms with Crippen LogP contribution in [0.3, 0.4) is 0 Å². The summed E-state index contributed by atoms with van der Waals surface area (Å²) in [6, 6.07) is 5.29. The van der Waals surface area contributed by atoms with Gasteiger partial charge < -0.3 is 19.5 Å². The van der Waals surface area contributed by atoms with Crippen LogP contribution in [-0.2, 0) is 4.79 Å². The van der Waals surface area contributed by atoms with Crippen molar-refractivity contribution in [1.82, 2.24) is 5.32 Å². The molecule has 0 unspecified atom stereocenters. The van der Waals surface area contributed by atoms with Gasteiger partial charge in [0.1, 0.15) is 5.75 Å². The van der Waals surface area contributed by atoms with E-state index in [2.05, 4.69) is 11.4 Å². The number of carbonyl (C=O) groups excluding carboxylic acids is 1. The van der Waals surface area contributed by atoms with Crippen LogP contribution in [0.1, 0.15) is 32.1 Å². The number of hydrogen-bond donors (Lipinski definition) is 1. The predicted molar refractivity (Wildman–Crippen MR) is 82.2 cm³/mol. The van der Waals surface area contributed by atoms with Gasteiger partial charge in [0.15, 0.2) is 18.1 Å². The molecular weight excluding hydrogens is 282 g/mol. The number of fused-ring (bicyclic) bond motifs is 1. The van der Waals surface area contributed by atoms with Crippen molar-refractivity contribution >= 4 is 5.91 Å². The highest BCUT2D eigenvalue weighted by molar-refractivity contribution is 5.77. The highest BCUT2D eigenvalue weighted by atomic mass is 16.7. The minimum Gasteiger partial charge on any atom is -0.484 e. The largest absolute Gasteiger partial charge is 0.484 e. The van der Waals surface area contributed by atoms with Crippen molar-refractivity contribution in [2.24, 2.45) is 0 Å². The number of ether oxygens (including phenoxy) is 3. The summed E-state index contributed by atoms with van der Waals surface area (Å²) in [4.78, 5) is 11.8. The zero-order chi connectivity index (χ0) is 15.2. The van der Waals surface area contributed by atoms with E-state index in [0.717, 1.165) is 6.42 Å². The lowest BCUT2D eigenvalue weighted by molar-refractivity contribution is -0.123. The van der Waals surface area contributed by atoms with Crippen molar-refractivity contribution in [2.75, 3.05) is 19.9 Å². The van der Waals surface area contributed by atoms with E-state index < -0.39 is 0 Å². The van der Waals surface area contributed by atoms with Crippen LogP contribution in [0.15, 0.2) is 29.8 Å². The van der Waals surface area contributed by atoms with Crippen LogP contribution < -0.4 is 19.5 Å². The molecule has 1 N–H and O–H groups in total. The molecular formula is C17H21NO4. The maximum Gasteiger partial charge on any atom is 0.257 e. The molecule has 0 atom stereocenters. The summed E-state index contributed by atoms with van der Waals surface area (Å²) in [6.45, 7) is 0.920. The Labute approximate surface area is 130 Å². The van der Waals surface area contributed by atoms with Crippen LogP contribution in [0, 0.1) is 0 Å². The number of nitrogens with one attached hydrogen (secondary N) is 1. The first kappa shape index (κ1) is 14.8. The molecule has 0 fully saturated rings. The molecule has 1 aromatic carbocycles. The van der Waals surface area contributed by atoms with E-state index in [1.807, 2.05) is 0 Å². The molecule has 118 valence electrons. The van der Waals surface area contributed by atoms with E-state index in [1.54, 1.807) is 18.2 Å². The summed E-state index contributed by atoms with van der Waals surface area (Å²) in [5.41, 5.74) is 1.46. The Morgan fingerprint density at radius 2 is 2.14 bits per heavy atom. The number of rotatable bonds is 6. The van der Waals surface area contributed by atoms with Crippen molar-refractivity contribution in [1.29, 1.82) is 0 Å². The molecule has 1 aliphatic heterocycles. The number of allylic oxidation sites excluding steroid dienone is 1. The van der Waals surface area contributed by atoms with Crippen LogP contribution in [-0.4, -0.2) is 25.9 Å². The fourth-order valence-electron chi connectivity index (χ4n) is 2.66. The summed E-state index contributed by atoms with van der Waals surface area (Å²) in [6.07, 6.45) is 8.15. The monoisotopic (exact) mass is 303 g/mol. The highest BCUT2D eigenvalue weighted by Crippen LogP contribution is 2.34. The average molecular weight is 303 g/mol. The molecule has 5 heteroatoms. The standard InChI is InChI=1S/C17H21NO4/c19-17(18-9-8-13-4-2-1-3-5-13)11-20-14-6-7-15-16(10-14)22-12-21-15/h4,6-7,10H,1-3,5,8-9,11-12H2,(H,18,19). The van der Waals surface area contributed by atoms with Crippen LogP contribution in [0.4, 0.5) is 0 Å². The second-order valence-electron chi connectivity index (χ2n) is 5.51. The molecule has 2 aliphatic rings. The van der Waals surface area contributed by atoms with E-state index in [0.29, 0.717) is 23.8 Å². The second-order valence-corrected chi connectivity index (χ2v) is 5.51. The van der Waals surface area contributed by atoms with Crippen LogP contribution in [0.2, 0.25) is 0 Å². The summed E-state index contributed by atoms with van der Waals surface area (Å²) >= 11 is 0. The van der Waals surface area contributed by atoms with E-state index in [4.69, 9.17) is 14.2 Å². The van der Waals surface area contributed by atoms with Crippen molar-refractivity contribution in [3.05, 3.63) is 29.8 Å². The topological polar surface area (TPSA) is 56.8 Å². The van der Waals surface area contributed by atoms with Crippen molar-refractivity contribution in [3.8, 4) is 17.2 Å². The third-order valence-electron chi connectivity index (χ3n) is 3.87. The summed E-state index contributed by atoms with van der Waals surface area (Å²) in [5.74, 6) is 1.86. The number of amides is 1. The van der Waals surface area contributed by atoms with Crippen molar-refractivity contribution < 1.29 is 19.0 Å². The number of hydrogen-bond acceptors (Lipinski definition) is 4. The molecule has 0 saturated carbocycles. The van der Waals surface area contributed by atoms with Gasteiger partial charge in [-0.05, 0) is 44.2 Å². The summed E-state index contributed by atoms with van der Waals surface area (Å²) < 4.78 is 16.0. The maximum absolute atomic E-state index is 11.8. The molecule has 5 nitrogen and oxygen atoms in total. The van der Waals surface area contributed by atoms with Gasteiger partial charge in [-0.3, -0.25) is 4.79 Å². The van der Waals surface area contributed by atoms with Gasteiger partial charge in [-0.1, -0.05) is 11.6 Å². The zero-order valence-corrected chi connectivity index (χ0v) is 12.6. The second kappa shape index (κ2) is 7.20. The van der Waals surface area contributed by atoms with E-state index in [9.17, 15) is 4.79 Å². The fourth-order valence-corrected chi connectivity index (χ4v) is 2.66. The first-order chi connectivity index (χ1) is 10.8. The molecule has 3 rings (SSSR count). The molecule has 1 aliphatic carbocycles. The lowest BCUT2D eigenvalue weighted by atomic mass is 9.97. The van der Waals surface area contributed by atoms with Crippen LogP contribution >= 0.6 is 0 Å². The van der Waals surface area contributed by atoms with Gasteiger partial charge in [0, 0.05) is 12.6 Å². The van der Waals surface area contributed by atoms with Gasteiger partial charge in [-0.15, -0.1) is 0 Å².